The molecule has 0 fully saturated rings. The average molecular weight is 340 g/mol. The minimum atomic E-state index is -0.507. The number of benzene rings is 1. The lowest BCUT2D eigenvalue weighted by atomic mass is 10.2. The molecule has 0 saturated heterocycles. The van der Waals surface area contributed by atoms with Gasteiger partial charge in [0.1, 0.15) is 11.4 Å². The summed E-state index contributed by atoms with van der Waals surface area (Å²) in [5.74, 6) is 0.791. The maximum atomic E-state index is 12.1. The fraction of sp³-hybridized carbons (Fsp3) is 0.400. The Labute approximate surface area is 126 Å². The topological polar surface area (TPSA) is 40.5 Å². The molecule has 1 aromatic heterocycles. The Morgan fingerprint density at radius 1 is 1.30 bits per heavy atom. The molecule has 0 atom stereocenters. The van der Waals surface area contributed by atoms with Crippen LogP contribution in [0.15, 0.2) is 30.5 Å². The van der Waals surface area contributed by atoms with E-state index >= 15 is 0 Å². The first-order chi connectivity index (χ1) is 9.40. The summed E-state index contributed by atoms with van der Waals surface area (Å²) in [6, 6.07) is 7.51. The number of alkyl halides is 1. The van der Waals surface area contributed by atoms with Gasteiger partial charge in [-0.1, -0.05) is 15.9 Å². The lowest BCUT2D eigenvalue weighted by molar-refractivity contribution is 0.0544. The molecule has 5 heteroatoms. The minimum absolute atomic E-state index is 0.373. The van der Waals surface area contributed by atoms with Crippen molar-refractivity contribution in [2.75, 3.05) is 11.9 Å². The smallest absolute Gasteiger partial charge is 0.418 e. The highest BCUT2D eigenvalue weighted by atomic mass is 79.9. The first kappa shape index (κ1) is 14.9. The third-order valence-corrected chi connectivity index (χ3v) is 2.92. The number of carbonyl (C=O) groups excluding carboxylic acids is 1. The van der Waals surface area contributed by atoms with E-state index in [0.717, 1.165) is 22.0 Å². The van der Waals surface area contributed by atoms with Crippen molar-refractivity contribution in [2.24, 2.45) is 0 Å². The fourth-order valence-corrected chi connectivity index (χ4v) is 2.00. The fourth-order valence-electron chi connectivity index (χ4n) is 1.84. The van der Waals surface area contributed by atoms with Gasteiger partial charge >= 0.3 is 6.09 Å². The standard InChI is InChI=1S/C15H18BrNO3/c1-15(2,3)20-14(18)17-8-6-11-10-12(19-9-7-16)4-5-13(11)17/h4-6,8,10H,7,9H2,1-3H3. The molecule has 0 aliphatic rings. The maximum absolute atomic E-state index is 12.1. The van der Waals surface area contributed by atoms with Crippen LogP contribution in [0.4, 0.5) is 4.79 Å². The van der Waals surface area contributed by atoms with E-state index in [1.165, 1.54) is 4.57 Å². The van der Waals surface area contributed by atoms with Crippen molar-refractivity contribution in [3.05, 3.63) is 30.5 Å². The number of carbonyl (C=O) groups is 1. The van der Waals surface area contributed by atoms with E-state index in [2.05, 4.69) is 15.9 Å². The van der Waals surface area contributed by atoms with Crippen LogP contribution in [0, 0.1) is 0 Å². The Hall–Kier alpha value is -1.49. The highest BCUT2D eigenvalue weighted by molar-refractivity contribution is 9.09. The number of rotatable bonds is 3. The highest BCUT2D eigenvalue weighted by Gasteiger charge is 2.18. The largest absolute Gasteiger partial charge is 0.493 e. The van der Waals surface area contributed by atoms with Gasteiger partial charge < -0.3 is 9.47 Å². The Morgan fingerprint density at radius 2 is 2.05 bits per heavy atom. The summed E-state index contributed by atoms with van der Waals surface area (Å²) in [7, 11) is 0. The number of hydrogen-bond acceptors (Lipinski definition) is 3. The third-order valence-electron chi connectivity index (χ3n) is 2.60. The highest BCUT2D eigenvalue weighted by Crippen LogP contribution is 2.23. The monoisotopic (exact) mass is 339 g/mol. The van der Waals surface area contributed by atoms with Crippen LogP contribution in [0.2, 0.25) is 0 Å². The van der Waals surface area contributed by atoms with E-state index in [1.54, 1.807) is 6.20 Å². The molecule has 0 saturated carbocycles. The first-order valence-corrected chi connectivity index (χ1v) is 7.56. The van der Waals surface area contributed by atoms with Crippen molar-refractivity contribution in [3.8, 4) is 5.75 Å². The van der Waals surface area contributed by atoms with Gasteiger partial charge in [0, 0.05) is 16.9 Å². The predicted molar refractivity (Wildman–Crippen MR) is 82.9 cm³/mol. The van der Waals surface area contributed by atoms with E-state index < -0.39 is 5.60 Å². The zero-order valence-electron chi connectivity index (χ0n) is 11.9. The van der Waals surface area contributed by atoms with Gasteiger partial charge in [-0.25, -0.2) is 4.79 Å². The average Bonchev–Trinajstić information content (AvgIpc) is 2.77. The molecule has 108 valence electrons. The molecule has 0 aliphatic heterocycles. The van der Waals surface area contributed by atoms with Crippen LogP contribution in [0.5, 0.6) is 5.75 Å². The molecular weight excluding hydrogens is 322 g/mol. The zero-order valence-corrected chi connectivity index (χ0v) is 13.4. The molecule has 1 aromatic carbocycles. The predicted octanol–water partition coefficient (Wildman–Crippen LogP) is 4.20. The number of aromatic nitrogens is 1. The van der Waals surface area contributed by atoms with Crippen LogP contribution in [-0.4, -0.2) is 28.2 Å². The maximum Gasteiger partial charge on any atom is 0.418 e. The molecule has 0 unspecified atom stereocenters. The number of fused-ring (bicyclic) bond motifs is 1. The lowest BCUT2D eigenvalue weighted by Crippen LogP contribution is -2.26. The molecule has 0 bridgehead atoms. The van der Waals surface area contributed by atoms with Crippen molar-refractivity contribution in [2.45, 2.75) is 26.4 Å². The van der Waals surface area contributed by atoms with Crippen LogP contribution in [-0.2, 0) is 4.74 Å². The summed E-state index contributed by atoms with van der Waals surface area (Å²) in [6.45, 7) is 6.16. The van der Waals surface area contributed by atoms with Gasteiger partial charge in [-0.15, -0.1) is 0 Å². The molecule has 0 aliphatic carbocycles. The van der Waals surface area contributed by atoms with Gasteiger partial charge in [0.05, 0.1) is 12.1 Å². The Bertz CT molecular complexity index is 613. The van der Waals surface area contributed by atoms with Gasteiger partial charge in [0.2, 0.25) is 0 Å². The van der Waals surface area contributed by atoms with E-state index in [9.17, 15) is 4.79 Å². The van der Waals surface area contributed by atoms with Gasteiger partial charge in [0.25, 0.3) is 0 Å². The van der Waals surface area contributed by atoms with Crippen LogP contribution in [0.25, 0.3) is 10.9 Å². The van der Waals surface area contributed by atoms with Crippen LogP contribution in [0.1, 0.15) is 20.8 Å². The first-order valence-electron chi connectivity index (χ1n) is 6.44. The molecule has 1 heterocycles. The normalized spacial score (nSPS) is 11.6. The Morgan fingerprint density at radius 3 is 2.70 bits per heavy atom. The van der Waals surface area contributed by atoms with E-state index in [0.29, 0.717) is 6.61 Å². The second kappa shape index (κ2) is 5.87. The number of halogens is 1. The van der Waals surface area contributed by atoms with Crippen LogP contribution in [0.3, 0.4) is 0 Å². The lowest BCUT2D eigenvalue weighted by Gasteiger charge is -2.19. The van der Waals surface area contributed by atoms with Crippen LogP contribution < -0.4 is 4.74 Å². The molecule has 0 N–H and O–H groups in total. The molecule has 4 nitrogen and oxygen atoms in total. The molecule has 20 heavy (non-hydrogen) atoms. The molecular formula is C15H18BrNO3. The summed E-state index contributed by atoms with van der Waals surface area (Å²) >= 11 is 3.32. The van der Waals surface area contributed by atoms with Gasteiger partial charge in [-0.05, 0) is 45.0 Å². The second-order valence-electron chi connectivity index (χ2n) is 5.42. The van der Waals surface area contributed by atoms with Crippen molar-refractivity contribution in [1.82, 2.24) is 4.57 Å². The molecule has 2 rings (SSSR count). The molecule has 0 amide bonds. The van der Waals surface area contributed by atoms with E-state index in [-0.39, 0.29) is 6.09 Å². The van der Waals surface area contributed by atoms with Crippen molar-refractivity contribution >= 4 is 32.9 Å². The minimum Gasteiger partial charge on any atom is -0.493 e. The summed E-state index contributed by atoms with van der Waals surface area (Å²) in [5.41, 5.74) is 0.303. The van der Waals surface area contributed by atoms with Gasteiger partial charge in [0.15, 0.2) is 0 Å². The van der Waals surface area contributed by atoms with Crippen molar-refractivity contribution in [3.63, 3.8) is 0 Å². The SMILES string of the molecule is CC(C)(C)OC(=O)n1ccc2cc(OCCBr)ccc21. The second-order valence-corrected chi connectivity index (χ2v) is 6.22. The molecule has 0 spiro atoms. The summed E-state index contributed by atoms with van der Waals surface area (Å²) in [5, 5.41) is 1.73. The molecule has 2 aromatic rings. The Balaban J connectivity index is 2.26. The Kier molecular flexibility index (Phi) is 4.38. The van der Waals surface area contributed by atoms with Crippen LogP contribution >= 0.6 is 15.9 Å². The molecule has 0 radical (unpaired) electrons. The van der Waals surface area contributed by atoms with E-state index in [4.69, 9.17) is 9.47 Å². The quantitative estimate of drug-likeness (QED) is 0.787. The third kappa shape index (κ3) is 3.54. The zero-order chi connectivity index (χ0) is 14.8. The van der Waals surface area contributed by atoms with E-state index in [1.807, 2.05) is 45.0 Å². The van der Waals surface area contributed by atoms with Crippen molar-refractivity contribution in [1.29, 1.82) is 0 Å². The summed E-state index contributed by atoms with van der Waals surface area (Å²) < 4.78 is 12.4. The number of nitrogens with zero attached hydrogens (tertiary/aromatic N) is 1. The number of hydrogen-bond donors (Lipinski definition) is 0. The van der Waals surface area contributed by atoms with Gasteiger partial charge in [-0.3, -0.25) is 4.57 Å². The summed E-state index contributed by atoms with van der Waals surface area (Å²) in [6.07, 6.45) is 1.34. The summed E-state index contributed by atoms with van der Waals surface area (Å²) in [4.78, 5) is 12.1. The number of ether oxygens (including phenoxy) is 2. The van der Waals surface area contributed by atoms with Crippen molar-refractivity contribution < 1.29 is 14.3 Å². The van der Waals surface area contributed by atoms with Gasteiger partial charge in [-0.2, -0.15) is 0 Å².